The molecular weight excluding hydrogens is 344 g/mol. The Kier molecular flexibility index (Phi) is 7.41. The van der Waals surface area contributed by atoms with Gasteiger partial charge in [0.15, 0.2) is 0 Å². The summed E-state index contributed by atoms with van der Waals surface area (Å²) >= 11 is 0. The molecule has 2 aromatic rings. The average molecular weight is 370 g/mol. The molecule has 0 N–H and O–H groups in total. The summed E-state index contributed by atoms with van der Waals surface area (Å²) in [7, 11) is 1.36. The van der Waals surface area contributed by atoms with Gasteiger partial charge in [0.05, 0.1) is 19.3 Å². The zero-order valence-electron chi connectivity index (χ0n) is 16.3. The van der Waals surface area contributed by atoms with Gasteiger partial charge in [0.25, 0.3) is 0 Å². The second-order valence-corrected chi connectivity index (χ2v) is 6.13. The van der Waals surface area contributed by atoms with E-state index in [1.807, 2.05) is 12.1 Å². The first-order chi connectivity index (χ1) is 13.0. The summed E-state index contributed by atoms with van der Waals surface area (Å²) in [5, 5.41) is 0. The maximum absolute atomic E-state index is 12.1. The van der Waals surface area contributed by atoms with Crippen molar-refractivity contribution in [3.63, 3.8) is 0 Å². The highest BCUT2D eigenvalue weighted by atomic mass is 16.5. The fourth-order valence-electron chi connectivity index (χ4n) is 2.74. The van der Waals surface area contributed by atoms with Crippen LogP contribution in [0.1, 0.15) is 70.9 Å². The summed E-state index contributed by atoms with van der Waals surface area (Å²) in [4.78, 5) is 23.8. The summed E-state index contributed by atoms with van der Waals surface area (Å²) in [5.41, 5.74) is 2.71. The number of ether oxygens (including phenoxy) is 2. The first-order valence-corrected chi connectivity index (χ1v) is 9.18. The van der Waals surface area contributed by atoms with Gasteiger partial charge in [0, 0.05) is 5.57 Å². The molecule has 0 aliphatic carbocycles. The molecular formula is C22H26O5. The molecule has 1 heterocycles. The third kappa shape index (κ3) is 5.09. The van der Waals surface area contributed by atoms with E-state index in [2.05, 4.69) is 13.0 Å². The largest absolute Gasteiger partial charge is 0.465 e. The van der Waals surface area contributed by atoms with E-state index in [0.717, 1.165) is 30.4 Å². The van der Waals surface area contributed by atoms with Gasteiger partial charge in [0.1, 0.15) is 17.1 Å². The predicted octanol–water partition coefficient (Wildman–Crippen LogP) is 5.17. The first-order valence-electron chi connectivity index (χ1n) is 9.18. The second-order valence-electron chi connectivity index (χ2n) is 6.13. The van der Waals surface area contributed by atoms with Crippen LogP contribution >= 0.6 is 0 Å². The smallest absolute Gasteiger partial charge is 0.341 e. The summed E-state index contributed by atoms with van der Waals surface area (Å²) in [5.74, 6) is 0.365. The Labute approximate surface area is 160 Å². The van der Waals surface area contributed by atoms with Crippen molar-refractivity contribution < 1.29 is 23.5 Å². The second kappa shape index (κ2) is 9.76. The molecule has 2 rings (SSSR count). The third-order valence-electron chi connectivity index (χ3n) is 4.20. The van der Waals surface area contributed by atoms with Crippen LogP contribution in [0.25, 0.3) is 5.57 Å². The molecule has 1 aromatic heterocycles. The normalized spacial score (nSPS) is 11.3. The molecule has 0 spiro atoms. The number of aryl methyl sites for hydroxylation is 1. The Balaban J connectivity index is 2.41. The van der Waals surface area contributed by atoms with Gasteiger partial charge in [-0.1, -0.05) is 38.0 Å². The van der Waals surface area contributed by atoms with Crippen LogP contribution in [0.5, 0.6) is 0 Å². The number of rotatable bonds is 8. The SMILES string of the molecule is CCCC/C=C(/c1ccc(C(=O)OC)cc1)c1cc(C(=O)OCC)c(C)o1. The van der Waals surface area contributed by atoms with Crippen molar-refractivity contribution in [3.8, 4) is 0 Å². The lowest BCUT2D eigenvalue weighted by Crippen LogP contribution is -2.04. The van der Waals surface area contributed by atoms with Gasteiger partial charge in [-0.3, -0.25) is 0 Å². The molecule has 0 amide bonds. The van der Waals surface area contributed by atoms with Crippen LogP contribution in [0.3, 0.4) is 0 Å². The molecule has 5 nitrogen and oxygen atoms in total. The molecule has 0 atom stereocenters. The average Bonchev–Trinajstić information content (AvgIpc) is 3.06. The maximum atomic E-state index is 12.1. The molecule has 0 bridgehead atoms. The number of carbonyl (C=O) groups is 2. The van der Waals surface area contributed by atoms with Crippen LogP contribution in [0, 0.1) is 6.92 Å². The predicted molar refractivity (Wildman–Crippen MR) is 104 cm³/mol. The van der Waals surface area contributed by atoms with Crippen molar-refractivity contribution in [3.05, 3.63) is 64.6 Å². The van der Waals surface area contributed by atoms with Gasteiger partial charge >= 0.3 is 11.9 Å². The van der Waals surface area contributed by atoms with Crippen molar-refractivity contribution in [1.82, 2.24) is 0 Å². The topological polar surface area (TPSA) is 65.7 Å². The van der Waals surface area contributed by atoms with E-state index in [1.54, 1.807) is 32.0 Å². The van der Waals surface area contributed by atoms with Crippen LogP contribution in [-0.2, 0) is 9.47 Å². The summed E-state index contributed by atoms with van der Waals surface area (Å²) in [6.07, 6.45) is 5.12. The Morgan fingerprint density at radius 2 is 1.74 bits per heavy atom. The van der Waals surface area contributed by atoms with Gasteiger partial charge in [-0.05, 0) is 44.0 Å². The molecule has 1 aromatic carbocycles. The standard InChI is InChI=1S/C22H26O5/c1-5-7-8-9-18(16-10-12-17(13-11-16)21(23)25-4)20-14-19(15(3)27-20)22(24)26-6-2/h9-14H,5-8H2,1-4H3/b18-9-. The minimum absolute atomic E-state index is 0.312. The van der Waals surface area contributed by atoms with E-state index < -0.39 is 0 Å². The van der Waals surface area contributed by atoms with E-state index in [1.165, 1.54) is 7.11 Å². The fraction of sp³-hybridized carbons (Fsp3) is 0.364. The molecule has 0 saturated carbocycles. The van der Waals surface area contributed by atoms with Crippen molar-refractivity contribution in [2.24, 2.45) is 0 Å². The van der Waals surface area contributed by atoms with Crippen LogP contribution in [0.15, 0.2) is 40.8 Å². The number of hydrogen-bond acceptors (Lipinski definition) is 5. The van der Waals surface area contributed by atoms with Gasteiger partial charge in [-0.25, -0.2) is 9.59 Å². The number of furan rings is 1. The van der Waals surface area contributed by atoms with Gasteiger partial charge < -0.3 is 13.9 Å². The molecule has 144 valence electrons. The third-order valence-corrected chi connectivity index (χ3v) is 4.20. The van der Waals surface area contributed by atoms with Crippen molar-refractivity contribution in [1.29, 1.82) is 0 Å². The minimum Gasteiger partial charge on any atom is -0.465 e. The number of benzene rings is 1. The molecule has 0 aliphatic heterocycles. The van der Waals surface area contributed by atoms with E-state index in [9.17, 15) is 9.59 Å². The number of hydrogen-bond donors (Lipinski definition) is 0. The molecule has 0 aliphatic rings. The lowest BCUT2D eigenvalue weighted by molar-refractivity contribution is 0.0523. The molecule has 27 heavy (non-hydrogen) atoms. The summed E-state index contributed by atoms with van der Waals surface area (Å²) in [6, 6.07) is 8.87. The van der Waals surface area contributed by atoms with Crippen molar-refractivity contribution >= 4 is 17.5 Å². The van der Waals surface area contributed by atoms with Crippen molar-refractivity contribution in [2.45, 2.75) is 40.0 Å². The highest BCUT2D eigenvalue weighted by Gasteiger charge is 2.19. The molecule has 0 saturated heterocycles. The Bertz CT molecular complexity index is 812. The highest BCUT2D eigenvalue weighted by Crippen LogP contribution is 2.29. The quantitative estimate of drug-likeness (QED) is 0.473. The maximum Gasteiger partial charge on any atom is 0.341 e. The zero-order chi connectivity index (χ0) is 19.8. The first kappa shape index (κ1) is 20.5. The van der Waals surface area contributed by atoms with Gasteiger partial charge in [-0.2, -0.15) is 0 Å². The Morgan fingerprint density at radius 1 is 1.07 bits per heavy atom. The Morgan fingerprint density at radius 3 is 2.33 bits per heavy atom. The lowest BCUT2D eigenvalue weighted by Gasteiger charge is -2.07. The number of esters is 2. The number of unbranched alkanes of at least 4 members (excludes halogenated alkanes) is 2. The van der Waals surface area contributed by atoms with E-state index in [-0.39, 0.29) is 11.9 Å². The number of allylic oxidation sites excluding steroid dienone is 1. The molecule has 0 unspecified atom stereocenters. The zero-order valence-corrected chi connectivity index (χ0v) is 16.3. The fourth-order valence-corrected chi connectivity index (χ4v) is 2.74. The van der Waals surface area contributed by atoms with Crippen LogP contribution in [0.2, 0.25) is 0 Å². The van der Waals surface area contributed by atoms with Crippen LogP contribution in [-0.4, -0.2) is 25.7 Å². The number of methoxy groups -OCH3 is 1. The molecule has 5 heteroatoms. The molecule has 0 radical (unpaired) electrons. The van der Waals surface area contributed by atoms with Crippen molar-refractivity contribution in [2.75, 3.05) is 13.7 Å². The van der Waals surface area contributed by atoms with Crippen LogP contribution < -0.4 is 0 Å². The molecule has 0 fully saturated rings. The number of carbonyl (C=O) groups excluding carboxylic acids is 2. The van der Waals surface area contributed by atoms with Crippen LogP contribution in [0.4, 0.5) is 0 Å². The van der Waals surface area contributed by atoms with Gasteiger partial charge in [-0.15, -0.1) is 0 Å². The van der Waals surface area contributed by atoms with E-state index in [4.69, 9.17) is 13.9 Å². The minimum atomic E-state index is -0.390. The highest BCUT2D eigenvalue weighted by molar-refractivity contribution is 5.93. The lowest BCUT2D eigenvalue weighted by atomic mass is 9.99. The summed E-state index contributed by atoms with van der Waals surface area (Å²) in [6.45, 7) is 5.97. The van der Waals surface area contributed by atoms with E-state index in [0.29, 0.717) is 29.3 Å². The monoisotopic (exact) mass is 370 g/mol. The Hall–Kier alpha value is -2.82. The summed E-state index contributed by atoms with van der Waals surface area (Å²) < 4.78 is 15.7. The van der Waals surface area contributed by atoms with Gasteiger partial charge in [0.2, 0.25) is 0 Å². The van der Waals surface area contributed by atoms with E-state index >= 15 is 0 Å².